The number of nitrogens with zero attached hydrogens (tertiary/aromatic N) is 3. The van der Waals surface area contributed by atoms with Crippen molar-refractivity contribution in [2.24, 2.45) is 0 Å². The lowest BCUT2D eigenvalue weighted by atomic mass is 10.2. The quantitative estimate of drug-likeness (QED) is 0.821. The number of hydrogen-bond acceptors (Lipinski definition) is 7. The highest BCUT2D eigenvalue weighted by Crippen LogP contribution is 2.20. The number of aliphatic carboxylic acids is 1. The Kier molecular flexibility index (Phi) is 5.17. The van der Waals surface area contributed by atoms with Crippen LogP contribution in [0.1, 0.15) is 24.7 Å². The van der Waals surface area contributed by atoms with E-state index in [0.29, 0.717) is 24.1 Å². The van der Waals surface area contributed by atoms with Crippen LogP contribution in [0.3, 0.4) is 0 Å². The largest absolute Gasteiger partial charge is 0.481 e. The van der Waals surface area contributed by atoms with Gasteiger partial charge in [0, 0.05) is 13.1 Å². The van der Waals surface area contributed by atoms with Crippen molar-refractivity contribution in [2.75, 3.05) is 32.0 Å². The molecule has 1 aliphatic rings. The summed E-state index contributed by atoms with van der Waals surface area (Å²) in [6, 6.07) is 0. The first-order valence-corrected chi connectivity index (χ1v) is 7.30. The van der Waals surface area contributed by atoms with Crippen molar-refractivity contribution in [1.82, 2.24) is 15.0 Å². The topological polar surface area (TPSA) is 88.7 Å². The van der Waals surface area contributed by atoms with Gasteiger partial charge >= 0.3 is 5.97 Å². The van der Waals surface area contributed by atoms with Gasteiger partial charge in [0.1, 0.15) is 6.10 Å². The monoisotopic (exact) mass is 287 g/mol. The van der Waals surface area contributed by atoms with Crippen molar-refractivity contribution < 1.29 is 19.2 Å². The minimum absolute atomic E-state index is 0.0290. The standard InChI is InChI=1S/C11H17N3O4S/c1-2-14-3-4-17-8(5-14)11-12-9(18-13-11)6-19-7-10(15)16/h8H,2-7H2,1H3,(H,15,16). The Morgan fingerprint density at radius 1 is 1.63 bits per heavy atom. The number of hydrogen-bond donors (Lipinski definition) is 1. The second kappa shape index (κ2) is 6.88. The van der Waals surface area contributed by atoms with Crippen LogP contribution in [0.2, 0.25) is 0 Å². The fourth-order valence-electron chi connectivity index (χ4n) is 1.83. The van der Waals surface area contributed by atoms with Gasteiger partial charge in [0.25, 0.3) is 0 Å². The second-order valence-electron chi connectivity index (χ2n) is 4.19. The van der Waals surface area contributed by atoms with Crippen molar-refractivity contribution in [3.05, 3.63) is 11.7 Å². The van der Waals surface area contributed by atoms with Crippen LogP contribution in [-0.2, 0) is 15.3 Å². The summed E-state index contributed by atoms with van der Waals surface area (Å²) in [6.45, 7) is 5.42. The van der Waals surface area contributed by atoms with Gasteiger partial charge in [0.2, 0.25) is 11.7 Å². The zero-order chi connectivity index (χ0) is 13.7. The van der Waals surface area contributed by atoms with Crippen LogP contribution >= 0.6 is 11.8 Å². The van der Waals surface area contributed by atoms with E-state index in [1.165, 1.54) is 11.8 Å². The van der Waals surface area contributed by atoms with Gasteiger partial charge in [0.15, 0.2) is 0 Å². The van der Waals surface area contributed by atoms with E-state index >= 15 is 0 Å². The molecule has 2 rings (SSSR count). The van der Waals surface area contributed by atoms with Crippen molar-refractivity contribution in [2.45, 2.75) is 18.8 Å². The molecule has 0 aromatic carbocycles. The van der Waals surface area contributed by atoms with E-state index in [4.69, 9.17) is 14.4 Å². The molecular weight excluding hydrogens is 270 g/mol. The molecule has 0 saturated carbocycles. The van der Waals surface area contributed by atoms with Crippen LogP contribution in [0.15, 0.2) is 4.52 Å². The van der Waals surface area contributed by atoms with Crippen LogP contribution in [0.4, 0.5) is 0 Å². The number of carboxylic acid groups (broad SMARTS) is 1. The van der Waals surface area contributed by atoms with Crippen LogP contribution in [0.25, 0.3) is 0 Å². The molecule has 1 N–H and O–H groups in total. The van der Waals surface area contributed by atoms with Gasteiger partial charge in [-0.3, -0.25) is 9.69 Å². The Hall–Kier alpha value is -1.12. The maximum Gasteiger partial charge on any atom is 0.313 e. The van der Waals surface area contributed by atoms with Gasteiger partial charge in [0.05, 0.1) is 18.1 Å². The van der Waals surface area contributed by atoms with Gasteiger partial charge in [-0.25, -0.2) is 0 Å². The maximum absolute atomic E-state index is 10.4. The molecule has 0 bridgehead atoms. The SMILES string of the molecule is CCN1CCOC(c2noc(CSCC(=O)O)n2)C1. The molecule has 1 aliphatic heterocycles. The molecule has 106 valence electrons. The Bertz CT molecular complexity index is 426. The molecule has 8 heteroatoms. The van der Waals surface area contributed by atoms with Crippen LogP contribution in [0.5, 0.6) is 0 Å². The highest BCUT2D eigenvalue weighted by atomic mass is 32.2. The first-order valence-electron chi connectivity index (χ1n) is 6.15. The average molecular weight is 287 g/mol. The van der Waals surface area contributed by atoms with Crippen LogP contribution < -0.4 is 0 Å². The molecule has 1 atom stereocenters. The smallest absolute Gasteiger partial charge is 0.313 e. The number of rotatable bonds is 6. The second-order valence-corrected chi connectivity index (χ2v) is 5.17. The molecule has 0 spiro atoms. The summed E-state index contributed by atoms with van der Waals surface area (Å²) in [5.41, 5.74) is 0. The number of morpholine rings is 1. The van der Waals surface area contributed by atoms with Gasteiger partial charge < -0.3 is 14.4 Å². The predicted molar refractivity (Wildman–Crippen MR) is 68.9 cm³/mol. The third-order valence-electron chi connectivity index (χ3n) is 2.82. The van der Waals surface area contributed by atoms with E-state index in [1.54, 1.807) is 0 Å². The van der Waals surface area contributed by atoms with Crippen molar-refractivity contribution >= 4 is 17.7 Å². The number of likely N-dealkylation sites (N-methyl/N-ethyl adjacent to an activating group) is 1. The van der Waals surface area contributed by atoms with E-state index in [-0.39, 0.29) is 11.9 Å². The van der Waals surface area contributed by atoms with Gasteiger partial charge in [-0.1, -0.05) is 12.1 Å². The Labute approximate surface area is 115 Å². The van der Waals surface area contributed by atoms with Gasteiger partial charge in [-0.05, 0) is 6.54 Å². The summed E-state index contributed by atoms with van der Waals surface area (Å²) in [6.07, 6.45) is -0.157. The Morgan fingerprint density at radius 2 is 2.47 bits per heavy atom. The molecule has 0 aliphatic carbocycles. The normalized spacial score (nSPS) is 20.6. The third kappa shape index (κ3) is 4.19. The van der Waals surface area contributed by atoms with Crippen molar-refractivity contribution in [3.8, 4) is 0 Å². The lowest BCUT2D eigenvalue weighted by molar-refractivity contribution is -0.133. The average Bonchev–Trinajstić information content (AvgIpc) is 2.87. The summed E-state index contributed by atoms with van der Waals surface area (Å²) in [5.74, 6) is 0.576. The summed E-state index contributed by atoms with van der Waals surface area (Å²) < 4.78 is 10.7. The number of thioether (sulfide) groups is 1. The van der Waals surface area contributed by atoms with Gasteiger partial charge in [-0.2, -0.15) is 4.98 Å². The summed E-state index contributed by atoms with van der Waals surface area (Å²) in [5, 5.41) is 12.5. The summed E-state index contributed by atoms with van der Waals surface area (Å²) in [4.78, 5) is 16.9. The summed E-state index contributed by atoms with van der Waals surface area (Å²) in [7, 11) is 0. The number of carbonyl (C=O) groups is 1. The van der Waals surface area contributed by atoms with Gasteiger partial charge in [-0.15, -0.1) is 11.8 Å². The van der Waals surface area contributed by atoms with E-state index in [2.05, 4.69) is 22.0 Å². The minimum Gasteiger partial charge on any atom is -0.481 e. The highest BCUT2D eigenvalue weighted by Gasteiger charge is 2.25. The van der Waals surface area contributed by atoms with E-state index in [1.807, 2.05) is 0 Å². The minimum atomic E-state index is -0.848. The highest BCUT2D eigenvalue weighted by molar-refractivity contribution is 7.99. The van der Waals surface area contributed by atoms with E-state index in [0.717, 1.165) is 19.6 Å². The molecule has 1 saturated heterocycles. The molecule has 1 aromatic rings. The lowest BCUT2D eigenvalue weighted by Crippen LogP contribution is -2.38. The first-order chi connectivity index (χ1) is 9.19. The molecule has 0 amide bonds. The molecule has 1 unspecified atom stereocenters. The van der Waals surface area contributed by atoms with Crippen molar-refractivity contribution in [3.63, 3.8) is 0 Å². The predicted octanol–water partition coefficient (Wildman–Crippen LogP) is 0.781. The molecule has 19 heavy (non-hydrogen) atoms. The number of ether oxygens (including phenoxy) is 1. The molecule has 2 heterocycles. The number of carboxylic acids is 1. The molecule has 0 radical (unpaired) electrons. The van der Waals surface area contributed by atoms with Crippen molar-refractivity contribution in [1.29, 1.82) is 0 Å². The zero-order valence-electron chi connectivity index (χ0n) is 10.7. The summed E-state index contributed by atoms with van der Waals surface area (Å²) >= 11 is 1.23. The Morgan fingerprint density at radius 3 is 3.21 bits per heavy atom. The van der Waals surface area contributed by atoms with Crippen LogP contribution in [0, 0.1) is 0 Å². The molecule has 1 fully saturated rings. The fraction of sp³-hybridized carbons (Fsp3) is 0.727. The third-order valence-corrected chi connectivity index (χ3v) is 3.72. The first kappa shape index (κ1) is 14.3. The lowest BCUT2D eigenvalue weighted by Gasteiger charge is -2.30. The zero-order valence-corrected chi connectivity index (χ0v) is 11.6. The van der Waals surface area contributed by atoms with E-state index in [9.17, 15) is 4.79 Å². The molecule has 1 aromatic heterocycles. The van der Waals surface area contributed by atoms with Crippen LogP contribution in [-0.4, -0.2) is 58.1 Å². The fourth-order valence-corrected chi connectivity index (χ4v) is 2.40. The van der Waals surface area contributed by atoms with E-state index < -0.39 is 5.97 Å². The molecule has 7 nitrogen and oxygen atoms in total. The maximum atomic E-state index is 10.4. The Balaban J connectivity index is 1.87. The number of aromatic nitrogens is 2. The molecular formula is C11H17N3O4S.